The zero-order chi connectivity index (χ0) is 15.7. The van der Waals surface area contributed by atoms with Gasteiger partial charge in [0.2, 0.25) is 0 Å². The minimum atomic E-state index is 0.182. The average Bonchev–Trinajstić information content (AvgIpc) is 2.53. The molecule has 2 atom stereocenters. The van der Waals surface area contributed by atoms with Crippen molar-refractivity contribution >= 4 is 0 Å². The summed E-state index contributed by atoms with van der Waals surface area (Å²) in [7, 11) is 1.74. The second-order valence-electron chi connectivity index (χ2n) is 7.18. The molecule has 0 saturated heterocycles. The average molecular weight is 295 g/mol. The van der Waals surface area contributed by atoms with Gasteiger partial charge in [-0.25, -0.2) is 0 Å². The molecule has 0 fully saturated rings. The molecule has 2 heteroatoms. The molecule has 116 valence electrons. The van der Waals surface area contributed by atoms with Crippen molar-refractivity contribution in [2.45, 2.75) is 39.3 Å². The van der Waals surface area contributed by atoms with Crippen LogP contribution in [0.2, 0.25) is 0 Å². The van der Waals surface area contributed by atoms with E-state index in [4.69, 9.17) is 4.74 Å². The van der Waals surface area contributed by atoms with Gasteiger partial charge < -0.3 is 10.1 Å². The van der Waals surface area contributed by atoms with Crippen LogP contribution in [-0.4, -0.2) is 13.2 Å². The number of hydrogen-bond donors (Lipinski definition) is 1. The molecule has 0 unspecified atom stereocenters. The second-order valence-corrected chi connectivity index (χ2v) is 7.18. The molecule has 0 aliphatic carbocycles. The lowest BCUT2D eigenvalue weighted by atomic mass is 9.70. The van der Waals surface area contributed by atoms with Gasteiger partial charge in [0.05, 0.1) is 7.11 Å². The fourth-order valence-corrected chi connectivity index (χ4v) is 3.51. The van der Waals surface area contributed by atoms with E-state index in [1.165, 1.54) is 16.7 Å². The Morgan fingerprint density at radius 1 is 1.05 bits per heavy atom. The summed E-state index contributed by atoms with van der Waals surface area (Å²) in [5.74, 6) is 1.29. The molecule has 1 aliphatic heterocycles. The number of fused-ring (bicyclic) bond motifs is 1. The molecule has 2 nitrogen and oxygen atoms in total. The Hall–Kier alpha value is -1.80. The van der Waals surface area contributed by atoms with Crippen LogP contribution in [0.5, 0.6) is 5.75 Å². The zero-order valence-electron chi connectivity index (χ0n) is 13.9. The maximum Gasteiger partial charge on any atom is 0.119 e. The largest absolute Gasteiger partial charge is 0.497 e. The quantitative estimate of drug-likeness (QED) is 0.889. The first-order valence-corrected chi connectivity index (χ1v) is 7.96. The van der Waals surface area contributed by atoms with Crippen LogP contribution in [-0.2, 0) is 6.54 Å². The van der Waals surface area contributed by atoms with Crippen LogP contribution >= 0.6 is 0 Å². The van der Waals surface area contributed by atoms with Gasteiger partial charge in [0, 0.05) is 18.5 Å². The summed E-state index contributed by atoms with van der Waals surface area (Å²) < 4.78 is 5.46. The summed E-state index contributed by atoms with van der Waals surface area (Å²) in [5, 5.41) is 3.76. The van der Waals surface area contributed by atoms with Gasteiger partial charge in [-0.2, -0.15) is 0 Å². The number of rotatable bonds is 2. The Kier molecular flexibility index (Phi) is 3.96. The van der Waals surface area contributed by atoms with Crippen molar-refractivity contribution < 1.29 is 4.74 Å². The van der Waals surface area contributed by atoms with E-state index in [2.05, 4.69) is 74.6 Å². The Balaban J connectivity index is 2.15. The van der Waals surface area contributed by atoms with Gasteiger partial charge in [-0.15, -0.1) is 0 Å². The molecular formula is C20H25NO. The number of hydrogen-bond acceptors (Lipinski definition) is 2. The van der Waals surface area contributed by atoms with Crippen LogP contribution in [0.25, 0.3) is 0 Å². The highest BCUT2D eigenvalue weighted by Gasteiger charge is 2.37. The fraction of sp³-hybridized carbons (Fsp3) is 0.400. The van der Waals surface area contributed by atoms with E-state index in [1.54, 1.807) is 7.11 Å². The SMILES string of the molecule is COc1ccc2c(c1)[C@@H](c1ccccc1)[C@H](C(C)(C)C)NC2. The molecule has 2 aromatic carbocycles. The molecule has 3 rings (SSSR count). The van der Waals surface area contributed by atoms with Crippen LogP contribution in [0.1, 0.15) is 43.4 Å². The summed E-state index contributed by atoms with van der Waals surface area (Å²) in [6.45, 7) is 7.86. The molecule has 0 bridgehead atoms. The van der Waals surface area contributed by atoms with E-state index >= 15 is 0 Å². The smallest absolute Gasteiger partial charge is 0.119 e. The third-order valence-electron chi connectivity index (χ3n) is 4.63. The van der Waals surface area contributed by atoms with Gasteiger partial charge in [0.25, 0.3) is 0 Å². The Morgan fingerprint density at radius 3 is 2.41 bits per heavy atom. The molecule has 1 aliphatic rings. The molecule has 0 aromatic heterocycles. The monoisotopic (exact) mass is 295 g/mol. The first kappa shape index (κ1) is 15.1. The van der Waals surface area contributed by atoms with Gasteiger partial charge in [0.1, 0.15) is 5.75 Å². The summed E-state index contributed by atoms with van der Waals surface area (Å²) in [4.78, 5) is 0. The van der Waals surface area contributed by atoms with Gasteiger partial charge in [-0.3, -0.25) is 0 Å². The second kappa shape index (κ2) is 5.77. The molecule has 0 radical (unpaired) electrons. The molecular weight excluding hydrogens is 270 g/mol. The first-order valence-electron chi connectivity index (χ1n) is 7.96. The van der Waals surface area contributed by atoms with Crippen LogP contribution in [0.15, 0.2) is 48.5 Å². The maximum atomic E-state index is 5.46. The number of methoxy groups -OCH3 is 1. The van der Waals surface area contributed by atoms with Gasteiger partial charge in [-0.05, 0) is 34.2 Å². The van der Waals surface area contributed by atoms with E-state index in [0.29, 0.717) is 12.0 Å². The number of nitrogens with one attached hydrogen (secondary N) is 1. The van der Waals surface area contributed by atoms with Gasteiger partial charge in [-0.1, -0.05) is 57.2 Å². The molecule has 0 spiro atoms. The van der Waals surface area contributed by atoms with Crippen molar-refractivity contribution in [2.24, 2.45) is 5.41 Å². The minimum Gasteiger partial charge on any atom is -0.497 e. The van der Waals surface area contributed by atoms with Crippen molar-refractivity contribution in [3.05, 3.63) is 65.2 Å². The Bertz CT molecular complexity index is 643. The molecule has 1 N–H and O–H groups in total. The highest BCUT2D eigenvalue weighted by molar-refractivity contribution is 5.46. The summed E-state index contributed by atoms with van der Waals surface area (Å²) in [5.41, 5.74) is 4.31. The predicted molar refractivity (Wildman–Crippen MR) is 91.4 cm³/mol. The van der Waals surface area contributed by atoms with E-state index in [9.17, 15) is 0 Å². The zero-order valence-corrected chi connectivity index (χ0v) is 13.9. The van der Waals surface area contributed by atoms with Gasteiger partial charge in [0.15, 0.2) is 0 Å². The Labute approximate surface area is 133 Å². The summed E-state index contributed by atoms with van der Waals surface area (Å²) in [6.07, 6.45) is 0. The number of benzene rings is 2. The lowest BCUT2D eigenvalue weighted by Crippen LogP contribution is -2.48. The van der Waals surface area contributed by atoms with Crippen LogP contribution in [0.4, 0.5) is 0 Å². The van der Waals surface area contributed by atoms with Crippen molar-refractivity contribution in [3.63, 3.8) is 0 Å². The first-order chi connectivity index (χ1) is 10.5. The van der Waals surface area contributed by atoms with E-state index in [0.717, 1.165) is 12.3 Å². The number of ether oxygens (including phenoxy) is 1. The molecule has 0 saturated carbocycles. The van der Waals surface area contributed by atoms with Crippen molar-refractivity contribution in [1.29, 1.82) is 0 Å². The van der Waals surface area contributed by atoms with E-state index in [1.807, 2.05) is 0 Å². The van der Waals surface area contributed by atoms with Crippen molar-refractivity contribution in [3.8, 4) is 5.75 Å². The maximum absolute atomic E-state index is 5.46. The van der Waals surface area contributed by atoms with Crippen LogP contribution in [0, 0.1) is 5.41 Å². The lowest BCUT2D eigenvalue weighted by Gasteiger charge is -2.42. The lowest BCUT2D eigenvalue weighted by molar-refractivity contribution is 0.233. The Morgan fingerprint density at radius 2 is 1.77 bits per heavy atom. The van der Waals surface area contributed by atoms with Crippen LogP contribution < -0.4 is 10.1 Å². The van der Waals surface area contributed by atoms with E-state index < -0.39 is 0 Å². The van der Waals surface area contributed by atoms with Crippen LogP contribution in [0.3, 0.4) is 0 Å². The van der Waals surface area contributed by atoms with E-state index in [-0.39, 0.29) is 5.41 Å². The highest BCUT2D eigenvalue weighted by atomic mass is 16.5. The third kappa shape index (κ3) is 2.76. The van der Waals surface area contributed by atoms with Crippen molar-refractivity contribution in [1.82, 2.24) is 5.32 Å². The minimum absolute atomic E-state index is 0.182. The molecule has 22 heavy (non-hydrogen) atoms. The normalized spacial score (nSPS) is 21.3. The topological polar surface area (TPSA) is 21.3 Å². The molecule has 1 heterocycles. The predicted octanol–water partition coefficient (Wildman–Crippen LogP) is 4.35. The standard InChI is InChI=1S/C20H25NO/c1-20(2,3)19-18(14-8-6-5-7-9-14)17-12-16(22-4)11-10-15(17)13-21-19/h5-12,18-19,21H,13H2,1-4H3/t18-,19-/m1/s1. The summed E-state index contributed by atoms with van der Waals surface area (Å²) in [6, 6.07) is 17.7. The summed E-state index contributed by atoms with van der Waals surface area (Å²) >= 11 is 0. The highest BCUT2D eigenvalue weighted by Crippen LogP contribution is 2.41. The third-order valence-corrected chi connectivity index (χ3v) is 4.63. The molecule has 2 aromatic rings. The van der Waals surface area contributed by atoms with Crippen molar-refractivity contribution in [2.75, 3.05) is 7.11 Å². The fourth-order valence-electron chi connectivity index (χ4n) is 3.51. The van der Waals surface area contributed by atoms with Gasteiger partial charge >= 0.3 is 0 Å². The molecule has 0 amide bonds.